The van der Waals surface area contributed by atoms with Gasteiger partial charge in [-0.3, -0.25) is 9.59 Å². The van der Waals surface area contributed by atoms with Gasteiger partial charge in [0, 0.05) is 11.8 Å². The quantitative estimate of drug-likeness (QED) is 0.497. The molecule has 0 bridgehead atoms. The highest BCUT2D eigenvalue weighted by molar-refractivity contribution is 6.01. The first-order chi connectivity index (χ1) is 15.7. The van der Waals surface area contributed by atoms with E-state index in [9.17, 15) is 22.8 Å². The maximum atomic E-state index is 13.9. The molecule has 2 N–H and O–H groups in total. The van der Waals surface area contributed by atoms with Crippen LogP contribution in [0.2, 0.25) is 0 Å². The standard InChI is InChI=1S/C25H23F3N2O3/c1-15(2)23(30-24(31)22-20(27)7-4-8-21(22)28)25(32)29-18-5-3-6-19(13-18)33-14-16-9-11-17(26)12-10-16/h3-13,15,23H,14H2,1-2H3,(H,29,32)(H,30,31)/t23-/m0/s1. The van der Waals surface area contributed by atoms with Gasteiger partial charge in [-0.1, -0.05) is 38.1 Å². The summed E-state index contributed by atoms with van der Waals surface area (Å²) in [6, 6.07) is 14.5. The molecule has 3 aromatic rings. The molecular formula is C25H23F3N2O3. The van der Waals surface area contributed by atoms with E-state index in [1.165, 1.54) is 12.1 Å². The Balaban J connectivity index is 1.67. The van der Waals surface area contributed by atoms with Crippen LogP contribution in [0.15, 0.2) is 66.7 Å². The molecule has 0 aliphatic rings. The molecule has 0 spiro atoms. The minimum atomic E-state index is -1.04. The van der Waals surface area contributed by atoms with Gasteiger partial charge in [0.25, 0.3) is 5.91 Å². The van der Waals surface area contributed by atoms with Crippen molar-refractivity contribution < 1.29 is 27.5 Å². The molecule has 172 valence electrons. The number of ether oxygens (including phenoxy) is 1. The molecule has 1 atom stereocenters. The number of nitrogens with one attached hydrogen (secondary N) is 2. The van der Waals surface area contributed by atoms with Crippen LogP contribution in [-0.4, -0.2) is 17.9 Å². The molecule has 0 aromatic heterocycles. The maximum absolute atomic E-state index is 13.9. The highest BCUT2D eigenvalue weighted by atomic mass is 19.1. The molecule has 0 aliphatic heterocycles. The second-order valence-electron chi connectivity index (χ2n) is 7.72. The summed E-state index contributed by atoms with van der Waals surface area (Å²) in [5.74, 6) is -3.82. The number of rotatable bonds is 8. The molecule has 0 unspecified atom stereocenters. The van der Waals surface area contributed by atoms with Gasteiger partial charge in [-0.25, -0.2) is 13.2 Å². The van der Waals surface area contributed by atoms with Crippen LogP contribution in [-0.2, 0) is 11.4 Å². The summed E-state index contributed by atoms with van der Waals surface area (Å²) in [4.78, 5) is 25.3. The summed E-state index contributed by atoms with van der Waals surface area (Å²) in [6.45, 7) is 3.60. The fraction of sp³-hybridized carbons (Fsp3) is 0.200. The van der Waals surface area contributed by atoms with Crippen molar-refractivity contribution in [1.29, 1.82) is 0 Å². The van der Waals surface area contributed by atoms with E-state index < -0.39 is 35.1 Å². The van der Waals surface area contributed by atoms with Gasteiger partial charge in [0.1, 0.15) is 41.4 Å². The smallest absolute Gasteiger partial charge is 0.257 e. The SMILES string of the molecule is CC(C)[C@H](NC(=O)c1c(F)cccc1F)C(=O)Nc1cccc(OCc2ccc(F)cc2)c1. The monoisotopic (exact) mass is 456 g/mol. The zero-order valence-corrected chi connectivity index (χ0v) is 18.1. The largest absolute Gasteiger partial charge is 0.489 e. The summed E-state index contributed by atoms with van der Waals surface area (Å²) < 4.78 is 46.6. The number of carbonyl (C=O) groups is 2. The molecule has 0 radical (unpaired) electrons. The first kappa shape index (κ1) is 23.8. The molecule has 5 nitrogen and oxygen atoms in total. The predicted molar refractivity (Wildman–Crippen MR) is 118 cm³/mol. The molecule has 0 fully saturated rings. The summed E-state index contributed by atoms with van der Waals surface area (Å²) in [5.41, 5.74) is 0.439. The third-order valence-electron chi connectivity index (χ3n) is 4.85. The Labute approximate surface area is 189 Å². The topological polar surface area (TPSA) is 67.4 Å². The fourth-order valence-electron chi connectivity index (χ4n) is 3.09. The van der Waals surface area contributed by atoms with Crippen LogP contribution in [0.25, 0.3) is 0 Å². The zero-order chi connectivity index (χ0) is 24.0. The van der Waals surface area contributed by atoms with Crippen LogP contribution in [0, 0.1) is 23.4 Å². The molecule has 8 heteroatoms. The summed E-state index contributed by atoms with van der Waals surface area (Å²) in [7, 11) is 0. The van der Waals surface area contributed by atoms with Gasteiger partial charge in [-0.15, -0.1) is 0 Å². The summed E-state index contributed by atoms with van der Waals surface area (Å²) in [6.07, 6.45) is 0. The summed E-state index contributed by atoms with van der Waals surface area (Å²) in [5, 5.41) is 5.09. The lowest BCUT2D eigenvalue weighted by Crippen LogP contribution is -2.47. The Kier molecular flexibility index (Phi) is 7.71. The van der Waals surface area contributed by atoms with Crippen LogP contribution >= 0.6 is 0 Å². The van der Waals surface area contributed by atoms with E-state index in [0.717, 1.165) is 23.8 Å². The number of anilines is 1. The first-order valence-corrected chi connectivity index (χ1v) is 10.3. The number of carbonyl (C=O) groups excluding carboxylic acids is 2. The lowest BCUT2D eigenvalue weighted by Gasteiger charge is -2.22. The Hall–Kier alpha value is -3.81. The van der Waals surface area contributed by atoms with E-state index in [2.05, 4.69) is 10.6 Å². The summed E-state index contributed by atoms with van der Waals surface area (Å²) >= 11 is 0. The van der Waals surface area contributed by atoms with Crippen molar-refractivity contribution in [3.8, 4) is 5.75 Å². The van der Waals surface area contributed by atoms with Crippen molar-refractivity contribution in [2.24, 2.45) is 5.92 Å². The average molecular weight is 456 g/mol. The maximum Gasteiger partial charge on any atom is 0.257 e. The number of hydrogen-bond donors (Lipinski definition) is 2. The minimum absolute atomic E-state index is 0.205. The Bertz CT molecular complexity index is 1110. The van der Waals surface area contributed by atoms with Crippen molar-refractivity contribution in [3.05, 3.63) is 95.3 Å². The average Bonchev–Trinajstić information content (AvgIpc) is 2.77. The highest BCUT2D eigenvalue weighted by Gasteiger charge is 2.27. The van der Waals surface area contributed by atoms with Gasteiger partial charge in [-0.05, 0) is 47.9 Å². The molecule has 3 rings (SSSR count). The van der Waals surface area contributed by atoms with E-state index in [-0.39, 0.29) is 18.3 Å². The van der Waals surface area contributed by atoms with E-state index in [1.54, 1.807) is 50.2 Å². The molecule has 3 aromatic carbocycles. The van der Waals surface area contributed by atoms with Crippen LogP contribution in [0.3, 0.4) is 0 Å². The third-order valence-corrected chi connectivity index (χ3v) is 4.85. The van der Waals surface area contributed by atoms with Crippen molar-refractivity contribution in [2.45, 2.75) is 26.5 Å². The van der Waals surface area contributed by atoms with Crippen LogP contribution < -0.4 is 15.4 Å². The Morgan fingerprint density at radius 3 is 2.18 bits per heavy atom. The molecule has 0 saturated heterocycles. The normalized spacial score (nSPS) is 11.7. The van der Waals surface area contributed by atoms with Gasteiger partial charge < -0.3 is 15.4 Å². The highest BCUT2D eigenvalue weighted by Crippen LogP contribution is 2.20. The predicted octanol–water partition coefficient (Wildman–Crippen LogP) is 5.08. The lowest BCUT2D eigenvalue weighted by atomic mass is 10.0. The van der Waals surface area contributed by atoms with E-state index in [4.69, 9.17) is 4.74 Å². The second-order valence-corrected chi connectivity index (χ2v) is 7.72. The van der Waals surface area contributed by atoms with Gasteiger partial charge in [0.05, 0.1) is 0 Å². The van der Waals surface area contributed by atoms with Crippen molar-refractivity contribution in [2.75, 3.05) is 5.32 Å². The molecule has 2 amide bonds. The van der Waals surface area contributed by atoms with Crippen molar-refractivity contribution in [3.63, 3.8) is 0 Å². The minimum Gasteiger partial charge on any atom is -0.489 e. The van der Waals surface area contributed by atoms with Gasteiger partial charge in [0.2, 0.25) is 5.91 Å². The molecule has 0 aliphatic carbocycles. The van der Waals surface area contributed by atoms with Crippen LogP contribution in [0.5, 0.6) is 5.75 Å². The Morgan fingerprint density at radius 2 is 1.55 bits per heavy atom. The number of hydrogen-bond acceptors (Lipinski definition) is 3. The van der Waals surface area contributed by atoms with E-state index >= 15 is 0 Å². The number of amides is 2. The molecule has 0 heterocycles. The van der Waals surface area contributed by atoms with Gasteiger partial charge in [-0.2, -0.15) is 0 Å². The Morgan fingerprint density at radius 1 is 0.909 bits per heavy atom. The second kappa shape index (κ2) is 10.7. The van der Waals surface area contributed by atoms with Crippen LogP contribution in [0.4, 0.5) is 18.9 Å². The van der Waals surface area contributed by atoms with Gasteiger partial charge in [0.15, 0.2) is 0 Å². The number of benzene rings is 3. The van der Waals surface area contributed by atoms with E-state index in [1.807, 2.05) is 0 Å². The third kappa shape index (κ3) is 6.35. The molecular weight excluding hydrogens is 433 g/mol. The first-order valence-electron chi connectivity index (χ1n) is 10.3. The molecule has 33 heavy (non-hydrogen) atoms. The van der Waals surface area contributed by atoms with Crippen molar-refractivity contribution >= 4 is 17.5 Å². The van der Waals surface area contributed by atoms with Crippen LogP contribution in [0.1, 0.15) is 29.8 Å². The van der Waals surface area contributed by atoms with Gasteiger partial charge >= 0.3 is 0 Å². The lowest BCUT2D eigenvalue weighted by molar-refractivity contribution is -0.118. The fourth-order valence-corrected chi connectivity index (χ4v) is 3.09. The molecule has 0 saturated carbocycles. The van der Waals surface area contributed by atoms with E-state index in [0.29, 0.717) is 11.4 Å². The zero-order valence-electron chi connectivity index (χ0n) is 18.1. The van der Waals surface area contributed by atoms with Crippen molar-refractivity contribution in [1.82, 2.24) is 5.32 Å². The number of halogens is 3.